The van der Waals surface area contributed by atoms with Crippen molar-refractivity contribution in [3.8, 4) is 5.06 Å². The van der Waals surface area contributed by atoms with Crippen molar-refractivity contribution in [1.82, 2.24) is 4.57 Å². The van der Waals surface area contributed by atoms with Crippen molar-refractivity contribution in [1.29, 1.82) is 0 Å². The maximum Gasteiger partial charge on any atom is 0.194 e. The van der Waals surface area contributed by atoms with Gasteiger partial charge in [0.15, 0.2) is 10.5 Å². The lowest BCUT2D eigenvalue weighted by atomic mass is 10.2. The quantitative estimate of drug-likeness (QED) is 0.645. The lowest BCUT2D eigenvalue weighted by molar-refractivity contribution is 0.490. The molecule has 0 atom stereocenters. The Labute approximate surface area is 95.2 Å². The van der Waals surface area contributed by atoms with Crippen molar-refractivity contribution < 1.29 is 5.11 Å². The summed E-state index contributed by atoms with van der Waals surface area (Å²) in [5, 5.41) is 11.2. The van der Waals surface area contributed by atoms with Gasteiger partial charge in [0, 0.05) is 24.0 Å². The Hall–Kier alpha value is -1.81. The maximum atomic E-state index is 11.9. The van der Waals surface area contributed by atoms with Crippen LogP contribution in [0.2, 0.25) is 0 Å². The standard InChI is InChI=1S/C12H9NO2S/c1-13-8-5-3-2-4-7(8)11-9(14)6-10(15)16-12(11)13/h2-6,15H,1H3. The molecule has 16 heavy (non-hydrogen) atoms. The number of fused-ring (bicyclic) bond motifs is 3. The highest BCUT2D eigenvalue weighted by molar-refractivity contribution is 7.19. The van der Waals surface area contributed by atoms with Crippen molar-refractivity contribution in [3.05, 3.63) is 40.6 Å². The zero-order valence-electron chi connectivity index (χ0n) is 8.60. The maximum absolute atomic E-state index is 11.9. The van der Waals surface area contributed by atoms with E-state index in [2.05, 4.69) is 0 Å². The van der Waals surface area contributed by atoms with Crippen LogP contribution in [0.3, 0.4) is 0 Å². The van der Waals surface area contributed by atoms with Crippen LogP contribution in [0.5, 0.6) is 5.06 Å². The summed E-state index contributed by atoms with van der Waals surface area (Å²) in [6, 6.07) is 9.04. The molecule has 0 unspecified atom stereocenters. The van der Waals surface area contributed by atoms with Gasteiger partial charge < -0.3 is 9.67 Å². The zero-order chi connectivity index (χ0) is 11.3. The summed E-state index contributed by atoms with van der Waals surface area (Å²) in [7, 11) is 1.90. The molecule has 4 heteroatoms. The molecule has 1 aromatic carbocycles. The van der Waals surface area contributed by atoms with Gasteiger partial charge in [0.2, 0.25) is 0 Å². The molecule has 0 aliphatic heterocycles. The van der Waals surface area contributed by atoms with Crippen LogP contribution in [0.1, 0.15) is 0 Å². The van der Waals surface area contributed by atoms with Crippen molar-refractivity contribution in [2.75, 3.05) is 0 Å². The van der Waals surface area contributed by atoms with Crippen LogP contribution in [0.4, 0.5) is 0 Å². The normalized spacial score (nSPS) is 11.3. The highest BCUT2D eigenvalue weighted by Gasteiger charge is 2.12. The Morgan fingerprint density at radius 3 is 2.88 bits per heavy atom. The van der Waals surface area contributed by atoms with Crippen LogP contribution in [0.25, 0.3) is 21.1 Å². The van der Waals surface area contributed by atoms with E-state index in [4.69, 9.17) is 0 Å². The molecule has 0 amide bonds. The van der Waals surface area contributed by atoms with Crippen LogP contribution in [0, 0.1) is 0 Å². The molecule has 1 N–H and O–H groups in total. The Bertz CT molecular complexity index is 755. The predicted octanol–water partition coefficient (Wildman–Crippen LogP) is 2.46. The van der Waals surface area contributed by atoms with Gasteiger partial charge in [0.05, 0.1) is 5.39 Å². The molecule has 3 rings (SSSR count). The Balaban J connectivity index is 2.73. The van der Waals surface area contributed by atoms with Gasteiger partial charge in [-0.25, -0.2) is 0 Å². The SMILES string of the molecule is Cn1c2ccccc2c2c(=O)cc(O)sc21. The molecule has 2 aromatic heterocycles. The Kier molecular flexibility index (Phi) is 1.82. The number of rotatable bonds is 0. The van der Waals surface area contributed by atoms with Crippen LogP contribution in [0.15, 0.2) is 35.1 Å². The predicted molar refractivity (Wildman–Crippen MR) is 66.2 cm³/mol. The molecule has 2 heterocycles. The summed E-state index contributed by atoms with van der Waals surface area (Å²) in [4.78, 5) is 12.7. The van der Waals surface area contributed by atoms with E-state index in [1.54, 1.807) is 0 Å². The van der Waals surface area contributed by atoms with E-state index in [1.165, 1.54) is 17.4 Å². The number of aryl methyl sites for hydroxylation is 1. The Morgan fingerprint density at radius 2 is 2.06 bits per heavy atom. The zero-order valence-corrected chi connectivity index (χ0v) is 9.41. The lowest BCUT2D eigenvalue weighted by Gasteiger charge is -1.96. The number of benzene rings is 1. The fraction of sp³-hybridized carbons (Fsp3) is 0.0833. The first-order chi connectivity index (χ1) is 7.68. The molecular weight excluding hydrogens is 222 g/mol. The van der Waals surface area contributed by atoms with Gasteiger partial charge in [0.25, 0.3) is 0 Å². The van der Waals surface area contributed by atoms with Gasteiger partial charge in [-0.2, -0.15) is 0 Å². The minimum atomic E-state index is -0.122. The number of aromatic hydroxyl groups is 1. The average Bonchev–Trinajstić information content (AvgIpc) is 2.54. The average molecular weight is 231 g/mol. The van der Waals surface area contributed by atoms with Crippen molar-refractivity contribution in [2.45, 2.75) is 0 Å². The molecule has 0 aliphatic rings. The minimum absolute atomic E-state index is 0.0587. The summed E-state index contributed by atoms with van der Waals surface area (Å²) in [5.41, 5.74) is 0.888. The second-order valence-electron chi connectivity index (χ2n) is 3.71. The third kappa shape index (κ3) is 1.10. The number of aromatic nitrogens is 1. The first-order valence-corrected chi connectivity index (χ1v) is 5.70. The van der Waals surface area contributed by atoms with Crippen molar-refractivity contribution in [2.24, 2.45) is 7.05 Å². The van der Waals surface area contributed by atoms with Gasteiger partial charge in [-0.15, -0.1) is 0 Å². The molecule has 0 saturated heterocycles. The van der Waals surface area contributed by atoms with E-state index >= 15 is 0 Å². The molecule has 80 valence electrons. The first-order valence-electron chi connectivity index (χ1n) is 4.89. The molecule has 3 aromatic rings. The van der Waals surface area contributed by atoms with Gasteiger partial charge in [-0.05, 0) is 6.07 Å². The molecule has 0 radical (unpaired) electrons. The highest BCUT2D eigenvalue weighted by atomic mass is 32.1. The number of para-hydroxylation sites is 1. The number of nitrogens with zero attached hydrogens (tertiary/aromatic N) is 1. The summed E-state index contributed by atoms with van der Waals surface area (Å²) in [5.74, 6) is 0. The van der Waals surface area contributed by atoms with E-state index in [1.807, 2.05) is 35.9 Å². The van der Waals surface area contributed by atoms with Gasteiger partial charge >= 0.3 is 0 Å². The second kappa shape index (κ2) is 3.09. The molecular formula is C12H9NO2S. The third-order valence-electron chi connectivity index (χ3n) is 2.76. The van der Waals surface area contributed by atoms with Gasteiger partial charge in [-0.3, -0.25) is 4.79 Å². The largest absolute Gasteiger partial charge is 0.499 e. The molecule has 0 spiro atoms. The van der Waals surface area contributed by atoms with E-state index in [0.717, 1.165) is 15.7 Å². The van der Waals surface area contributed by atoms with E-state index in [-0.39, 0.29) is 10.5 Å². The molecule has 0 bridgehead atoms. The third-order valence-corrected chi connectivity index (χ3v) is 3.75. The first kappa shape index (κ1) is 9.42. The van der Waals surface area contributed by atoms with E-state index in [9.17, 15) is 9.90 Å². The highest BCUT2D eigenvalue weighted by Crippen LogP contribution is 2.31. The van der Waals surface area contributed by atoms with Crippen molar-refractivity contribution >= 4 is 32.5 Å². The molecule has 3 nitrogen and oxygen atoms in total. The van der Waals surface area contributed by atoms with Gasteiger partial charge in [0.1, 0.15) is 4.83 Å². The van der Waals surface area contributed by atoms with Crippen LogP contribution in [-0.2, 0) is 7.05 Å². The molecule has 0 fully saturated rings. The minimum Gasteiger partial charge on any atom is -0.499 e. The molecule has 0 saturated carbocycles. The summed E-state index contributed by atoms with van der Waals surface area (Å²) in [6.45, 7) is 0. The summed E-state index contributed by atoms with van der Waals surface area (Å²) in [6.07, 6.45) is 0. The summed E-state index contributed by atoms with van der Waals surface area (Å²) >= 11 is 1.23. The van der Waals surface area contributed by atoms with Crippen LogP contribution < -0.4 is 5.43 Å². The number of hydrogen-bond donors (Lipinski definition) is 1. The fourth-order valence-electron chi connectivity index (χ4n) is 2.04. The van der Waals surface area contributed by atoms with E-state index in [0.29, 0.717) is 5.39 Å². The topological polar surface area (TPSA) is 42.2 Å². The van der Waals surface area contributed by atoms with Crippen LogP contribution >= 0.6 is 11.3 Å². The van der Waals surface area contributed by atoms with Crippen LogP contribution in [-0.4, -0.2) is 9.67 Å². The van der Waals surface area contributed by atoms with Crippen molar-refractivity contribution in [3.63, 3.8) is 0 Å². The van der Waals surface area contributed by atoms with E-state index < -0.39 is 0 Å². The molecule has 0 aliphatic carbocycles. The van der Waals surface area contributed by atoms with Gasteiger partial charge in [-0.1, -0.05) is 29.5 Å². The fourth-order valence-corrected chi connectivity index (χ4v) is 2.95. The monoisotopic (exact) mass is 231 g/mol. The lowest BCUT2D eigenvalue weighted by Crippen LogP contribution is -1.96. The smallest absolute Gasteiger partial charge is 0.194 e. The summed E-state index contributed by atoms with van der Waals surface area (Å²) < 4.78 is 1.94. The number of hydrogen-bond acceptors (Lipinski definition) is 3. The second-order valence-corrected chi connectivity index (χ2v) is 4.71. The Morgan fingerprint density at radius 1 is 1.31 bits per heavy atom.